The van der Waals surface area contributed by atoms with Crippen molar-refractivity contribution in [3.05, 3.63) is 0 Å². The molecule has 0 spiro atoms. The number of terminal acetylenes is 1. The average molecular weight is 357 g/mol. The molecule has 3 nitrogen and oxygen atoms in total. The van der Waals surface area contributed by atoms with Crippen LogP contribution in [-0.2, 0) is 14.3 Å². The Morgan fingerprint density at radius 2 is 1.96 bits per heavy atom. The first kappa shape index (κ1) is 18.1. The highest BCUT2D eigenvalue weighted by Gasteiger charge is 2.62. The number of Topliss-reactive ketones (excluding diaryl/α,β-unsaturated/α-hetero) is 1. The predicted octanol–water partition coefficient (Wildman–Crippen LogP) is 4.39. The lowest BCUT2D eigenvalue weighted by Gasteiger charge is -2.60. The Balaban J connectivity index is 1.57. The van der Waals surface area contributed by atoms with Crippen molar-refractivity contribution in [3.8, 4) is 12.5 Å². The number of hydrogen-bond acceptors (Lipinski definition) is 3. The first-order valence-corrected chi connectivity index (χ1v) is 10.5. The normalized spacial score (nSPS) is 50.1. The lowest BCUT2D eigenvalue weighted by atomic mass is 9.44. The lowest BCUT2D eigenvalue weighted by molar-refractivity contribution is -0.142. The number of aldehydes is 1. The number of ether oxygens (including phenoxy) is 1. The van der Waals surface area contributed by atoms with Crippen LogP contribution in [0.5, 0.6) is 0 Å². The van der Waals surface area contributed by atoms with Crippen molar-refractivity contribution in [1.82, 2.24) is 0 Å². The number of carbonyl (C=O) groups excluding carboxylic acids is 2. The summed E-state index contributed by atoms with van der Waals surface area (Å²) in [5.41, 5.74) is 0.151. The third-order valence-electron chi connectivity index (χ3n) is 9.13. The zero-order valence-electron chi connectivity index (χ0n) is 16.2. The number of ketones is 1. The topological polar surface area (TPSA) is 43.4 Å². The second-order valence-electron chi connectivity index (χ2n) is 9.98. The standard InChI is InChI=1S/C23H32O3/c1-4-26-20-14-19-17-6-5-16-13-15(9-12-24)7-10-22(16,2)18(17)8-11-23(19,3)21(20)25/h1,12,15-20H,5-11,13-14H2,2-3H3/t15-,16?,17?,18?,19?,20-,22?,23?/m1/s1. The fourth-order valence-electron chi connectivity index (χ4n) is 7.65. The summed E-state index contributed by atoms with van der Waals surface area (Å²) >= 11 is 0. The Bertz CT molecular complexity index is 634. The quantitative estimate of drug-likeness (QED) is 0.556. The van der Waals surface area contributed by atoms with Gasteiger partial charge in [-0.05, 0) is 86.4 Å². The Morgan fingerprint density at radius 3 is 2.69 bits per heavy atom. The highest BCUT2D eigenvalue weighted by molar-refractivity contribution is 5.91. The lowest BCUT2D eigenvalue weighted by Crippen LogP contribution is -2.53. The molecule has 4 aliphatic carbocycles. The van der Waals surface area contributed by atoms with Gasteiger partial charge in [0.05, 0.1) is 0 Å². The van der Waals surface area contributed by atoms with E-state index in [1.165, 1.54) is 32.1 Å². The molecule has 0 aliphatic heterocycles. The van der Waals surface area contributed by atoms with Gasteiger partial charge in [0.2, 0.25) is 0 Å². The SMILES string of the molecule is C#CO[C@@H]1CC2C3CCC4C[C@@H](CC=O)CCC4(C)C3CCC2(C)C1=O. The van der Waals surface area contributed by atoms with Crippen molar-refractivity contribution < 1.29 is 14.3 Å². The van der Waals surface area contributed by atoms with E-state index in [0.29, 0.717) is 29.1 Å². The molecule has 6 unspecified atom stereocenters. The molecule has 142 valence electrons. The monoisotopic (exact) mass is 356 g/mol. The molecule has 4 aliphatic rings. The van der Waals surface area contributed by atoms with E-state index in [1.807, 2.05) is 0 Å². The summed E-state index contributed by atoms with van der Waals surface area (Å²) in [6.45, 7) is 4.69. The fourth-order valence-corrected chi connectivity index (χ4v) is 7.65. The minimum Gasteiger partial charge on any atom is -0.435 e. The summed E-state index contributed by atoms with van der Waals surface area (Å²) in [4.78, 5) is 23.9. The van der Waals surface area contributed by atoms with Gasteiger partial charge in [0.1, 0.15) is 12.4 Å². The van der Waals surface area contributed by atoms with Crippen LogP contribution in [0.25, 0.3) is 0 Å². The molecule has 0 saturated heterocycles. The van der Waals surface area contributed by atoms with Gasteiger partial charge in [-0.2, -0.15) is 0 Å². The van der Waals surface area contributed by atoms with Gasteiger partial charge in [-0.25, -0.2) is 0 Å². The van der Waals surface area contributed by atoms with Gasteiger partial charge >= 0.3 is 0 Å². The van der Waals surface area contributed by atoms with E-state index in [4.69, 9.17) is 11.2 Å². The number of rotatable bonds is 3. The molecule has 4 rings (SSSR count). The largest absolute Gasteiger partial charge is 0.435 e. The van der Waals surface area contributed by atoms with Gasteiger partial charge in [0.25, 0.3) is 0 Å². The molecule has 0 radical (unpaired) electrons. The molecule has 0 bridgehead atoms. The number of carbonyl (C=O) groups is 2. The highest BCUT2D eigenvalue weighted by atomic mass is 16.5. The Kier molecular flexibility index (Phi) is 4.45. The van der Waals surface area contributed by atoms with Crippen molar-refractivity contribution in [3.63, 3.8) is 0 Å². The Morgan fingerprint density at radius 1 is 1.15 bits per heavy atom. The van der Waals surface area contributed by atoms with E-state index >= 15 is 0 Å². The van der Waals surface area contributed by atoms with Crippen LogP contribution in [0.3, 0.4) is 0 Å². The van der Waals surface area contributed by atoms with E-state index in [0.717, 1.165) is 37.9 Å². The van der Waals surface area contributed by atoms with Crippen LogP contribution in [-0.4, -0.2) is 18.2 Å². The van der Waals surface area contributed by atoms with E-state index in [1.54, 1.807) is 0 Å². The van der Waals surface area contributed by atoms with Crippen LogP contribution in [0.4, 0.5) is 0 Å². The maximum atomic E-state index is 12.9. The molecular formula is C23H32O3. The molecule has 0 heterocycles. The van der Waals surface area contributed by atoms with Crippen LogP contribution in [0, 0.1) is 52.9 Å². The van der Waals surface area contributed by atoms with Gasteiger partial charge in [-0.15, -0.1) is 0 Å². The molecule has 0 aromatic rings. The molecule has 3 heteroatoms. The van der Waals surface area contributed by atoms with E-state index < -0.39 is 0 Å². The van der Waals surface area contributed by atoms with Crippen LogP contribution in [0.1, 0.15) is 71.6 Å². The van der Waals surface area contributed by atoms with Crippen LogP contribution in [0.15, 0.2) is 0 Å². The highest BCUT2D eigenvalue weighted by Crippen LogP contribution is 2.66. The average Bonchev–Trinajstić information content (AvgIpc) is 2.87. The Hall–Kier alpha value is -1.30. The summed E-state index contributed by atoms with van der Waals surface area (Å²) in [6, 6.07) is 0. The molecule has 26 heavy (non-hydrogen) atoms. The zero-order valence-corrected chi connectivity index (χ0v) is 16.2. The number of hydrogen-bond donors (Lipinski definition) is 0. The van der Waals surface area contributed by atoms with Crippen LogP contribution < -0.4 is 0 Å². The molecule has 4 saturated carbocycles. The van der Waals surface area contributed by atoms with Crippen LogP contribution in [0.2, 0.25) is 0 Å². The van der Waals surface area contributed by atoms with Gasteiger partial charge in [0.15, 0.2) is 11.9 Å². The zero-order chi connectivity index (χ0) is 18.5. The predicted molar refractivity (Wildman–Crippen MR) is 100.0 cm³/mol. The summed E-state index contributed by atoms with van der Waals surface area (Å²) in [7, 11) is 0. The number of fused-ring (bicyclic) bond motifs is 5. The smallest absolute Gasteiger partial charge is 0.180 e. The molecular weight excluding hydrogens is 324 g/mol. The Labute approximate surface area is 157 Å². The first-order chi connectivity index (χ1) is 12.4. The second-order valence-corrected chi connectivity index (χ2v) is 9.98. The van der Waals surface area contributed by atoms with E-state index in [-0.39, 0.29) is 17.3 Å². The second kappa shape index (κ2) is 6.39. The maximum Gasteiger partial charge on any atom is 0.180 e. The third-order valence-corrected chi connectivity index (χ3v) is 9.13. The maximum absolute atomic E-state index is 12.9. The summed E-state index contributed by atoms with van der Waals surface area (Å²) in [6.07, 6.45) is 18.2. The van der Waals surface area contributed by atoms with Crippen molar-refractivity contribution in [2.24, 2.45) is 40.4 Å². The summed E-state index contributed by atoms with van der Waals surface area (Å²) in [5, 5.41) is 0. The van der Waals surface area contributed by atoms with E-state index in [2.05, 4.69) is 20.0 Å². The molecule has 0 amide bonds. The van der Waals surface area contributed by atoms with E-state index in [9.17, 15) is 9.59 Å². The molecule has 0 aromatic heterocycles. The van der Waals surface area contributed by atoms with Crippen molar-refractivity contribution >= 4 is 12.1 Å². The third kappa shape index (κ3) is 2.48. The first-order valence-electron chi connectivity index (χ1n) is 10.5. The summed E-state index contributed by atoms with van der Waals surface area (Å²) < 4.78 is 5.37. The van der Waals surface area contributed by atoms with Crippen molar-refractivity contribution in [2.45, 2.75) is 77.7 Å². The summed E-state index contributed by atoms with van der Waals surface area (Å²) in [5.74, 6) is 3.37. The van der Waals surface area contributed by atoms with Gasteiger partial charge < -0.3 is 9.53 Å². The van der Waals surface area contributed by atoms with Crippen molar-refractivity contribution in [1.29, 1.82) is 0 Å². The minimum absolute atomic E-state index is 0.236. The molecule has 4 fully saturated rings. The molecule has 0 aromatic carbocycles. The van der Waals surface area contributed by atoms with Gasteiger partial charge in [0, 0.05) is 11.8 Å². The molecule has 8 atom stereocenters. The fraction of sp³-hybridized carbons (Fsp3) is 0.826. The van der Waals surface area contributed by atoms with Crippen LogP contribution >= 0.6 is 0 Å². The van der Waals surface area contributed by atoms with Crippen molar-refractivity contribution in [2.75, 3.05) is 0 Å². The minimum atomic E-state index is -0.386. The molecule has 0 N–H and O–H groups in total. The van der Waals surface area contributed by atoms with Gasteiger partial charge in [-0.1, -0.05) is 20.3 Å². The van der Waals surface area contributed by atoms with Gasteiger partial charge in [-0.3, -0.25) is 4.79 Å².